The second kappa shape index (κ2) is 12.1. The maximum atomic E-state index is 13.9. The van der Waals surface area contributed by atoms with Crippen molar-refractivity contribution < 1.29 is 27.4 Å². The van der Waals surface area contributed by atoms with Gasteiger partial charge in [-0.3, -0.25) is 9.69 Å². The molecule has 0 aliphatic carbocycles. The number of benzene rings is 3. The lowest BCUT2D eigenvalue weighted by Gasteiger charge is -2.34. The summed E-state index contributed by atoms with van der Waals surface area (Å²) in [5.41, 5.74) is 1.24. The molecule has 0 saturated carbocycles. The third kappa shape index (κ3) is 5.99. The Morgan fingerprint density at radius 3 is 2.48 bits per heavy atom. The molecule has 1 aromatic heterocycles. The molecule has 1 amide bonds. The number of alkyl halides is 3. The van der Waals surface area contributed by atoms with Gasteiger partial charge in [0.1, 0.15) is 5.75 Å². The molecule has 3 aromatic carbocycles. The van der Waals surface area contributed by atoms with Crippen LogP contribution in [0.15, 0.2) is 79.0 Å². The predicted molar refractivity (Wildman–Crippen MR) is 161 cm³/mol. The zero-order valence-electron chi connectivity index (χ0n) is 24.3. The van der Waals surface area contributed by atoms with Gasteiger partial charge < -0.3 is 19.7 Å². The number of methoxy groups -OCH3 is 1. The van der Waals surface area contributed by atoms with Crippen LogP contribution in [-0.2, 0) is 17.5 Å². The molecule has 1 saturated heterocycles. The number of nitrogens with one attached hydrogen (secondary N) is 1. The minimum Gasteiger partial charge on any atom is -0.494 e. The van der Waals surface area contributed by atoms with E-state index in [1.165, 1.54) is 29.3 Å². The first-order valence-electron chi connectivity index (χ1n) is 14.5. The summed E-state index contributed by atoms with van der Waals surface area (Å²) in [5, 5.41) is 3.17. The summed E-state index contributed by atoms with van der Waals surface area (Å²) in [4.78, 5) is 26.5. The van der Waals surface area contributed by atoms with Crippen LogP contribution in [0.1, 0.15) is 42.6 Å². The number of nitrogens with zero attached hydrogens (tertiary/aromatic N) is 4. The quantitative estimate of drug-likeness (QED) is 0.240. The highest BCUT2D eigenvalue weighted by Gasteiger charge is 2.42. The number of amides is 1. The molecule has 1 unspecified atom stereocenters. The molecule has 0 radical (unpaired) electrons. The third-order valence-electron chi connectivity index (χ3n) is 8.04. The topological polar surface area (TPSA) is 79.8 Å². The minimum atomic E-state index is -4.67. The minimum absolute atomic E-state index is 0.0731. The van der Waals surface area contributed by atoms with Gasteiger partial charge in [0.05, 0.1) is 31.1 Å². The smallest absolute Gasteiger partial charge is 0.416 e. The number of aromatic nitrogens is 2. The Kier molecular flexibility index (Phi) is 8.03. The lowest BCUT2D eigenvalue weighted by atomic mass is 9.99. The SMILES string of the molecule is COc1cc(N2CCC(C)CC2)ccc1Nc1ncc2c(n1)N(Cc1ccccc1)C(=O)C(c1ccccc1C(F)(F)F)O2. The van der Waals surface area contributed by atoms with Crippen LogP contribution in [0.2, 0.25) is 0 Å². The molecule has 8 nitrogen and oxygen atoms in total. The number of ether oxygens (including phenoxy) is 2. The molecule has 2 aliphatic heterocycles. The van der Waals surface area contributed by atoms with E-state index in [4.69, 9.17) is 9.47 Å². The fourth-order valence-corrected chi connectivity index (χ4v) is 5.59. The Balaban J connectivity index is 1.33. The molecule has 4 aromatic rings. The Morgan fingerprint density at radius 2 is 1.75 bits per heavy atom. The fourth-order valence-electron chi connectivity index (χ4n) is 5.59. The number of anilines is 4. The van der Waals surface area contributed by atoms with E-state index in [-0.39, 0.29) is 29.6 Å². The van der Waals surface area contributed by atoms with Gasteiger partial charge in [0, 0.05) is 30.4 Å². The first-order chi connectivity index (χ1) is 21.2. The van der Waals surface area contributed by atoms with Crippen LogP contribution >= 0.6 is 0 Å². The van der Waals surface area contributed by atoms with Gasteiger partial charge in [-0.15, -0.1) is 0 Å². The van der Waals surface area contributed by atoms with Crippen molar-refractivity contribution >= 4 is 29.0 Å². The van der Waals surface area contributed by atoms with Crippen molar-refractivity contribution in [2.45, 2.75) is 38.6 Å². The summed E-state index contributed by atoms with van der Waals surface area (Å²) in [6, 6.07) is 20.0. The summed E-state index contributed by atoms with van der Waals surface area (Å²) in [6.45, 7) is 4.30. The molecule has 44 heavy (non-hydrogen) atoms. The van der Waals surface area contributed by atoms with Crippen LogP contribution in [0.25, 0.3) is 0 Å². The molecule has 11 heteroatoms. The Morgan fingerprint density at radius 1 is 1.02 bits per heavy atom. The fraction of sp³-hybridized carbons (Fsp3) is 0.303. The Labute approximate surface area is 253 Å². The van der Waals surface area contributed by atoms with Crippen molar-refractivity contribution in [1.82, 2.24) is 9.97 Å². The number of fused-ring (bicyclic) bond motifs is 1. The molecular formula is C33H32F3N5O3. The summed E-state index contributed by atoms with van der Waals surface area (Å²) >= 11 is 0. The molecular weight excluding hydrogens is 571 g/mol. The van der Waals surface area contributed by atoms with E-state index in [2.05, 4.69) is 27.1 Å². The van der Waals surface area contributed by atoms with Crippen LogP contribution in [0.4, 0.5) is 36.3 Å². The number of carbonyl (C=O) groups is 1. The van der Waals surface area contributed by atoms with Crippen molar-refractivity contribution in [3.63, 3.8) is 0 Å². The molecule has 1 N–H and O–H groups in total. The molecule has 0 spiro atoms. The molecule has 2 aliphatic rings. The maximum Gasteiger partial charge on any atom is 0.416 e. The van der Waals surface area contributed by atoms with Crippen molar-refractivity contribution in [3.8, 4) is 11.5 Å². The summed E-state index contributed by atoms with van der Waals surface area (Å²) in [6.07, 6.45) is -2.57. The Bertz CT molecular complexity index is 1640. The van der Waals surface area contributed by atoms with Gasteiger partial charge in [0.15, 0.2) is 11.6 Å². The highest BCUT2D eigenvalue weighted by molar-refractivity contribution is 5.99. The van der Waals surface area contributed by atoms with Gasteiger partial charge >= 0.3 is 6.18 Å². The van der Waals surface area contributed by atoms with Crippen LogP contribution in [0.5, 0.6) is 11.5 Å². The van der Waals surface area contributed by atoms with E-state index < -0.39 is 23.8 Å². The zero-order chi connectivity index (χ0) is 30.8. The highest BCUT2D eigenvalue weighted by atomic mass is 19.4. The monoisotopic (exact) mass is 603 g/mol. The average Bonchev–Trinajstić information content (AvgIpc) is 3.03. The average molecular weight is 604 g/mol. The number of hydrogen-bond acceptors (Lipinski definition) is 7. The number of rotatable bonds is 7. The van der Waals surface area contributed by atoms with E-state index in [1.54, 1.807) is 7.11 Å². The molecule has 6 rings (SSSR count). The standard InChI is InChI=1S/C33H32F3N5O3/c1-21-14-16-40(17-15-21)23-12-13-26(27(18-23)43-2)38-32-37-19-28-30(39-32)41(20-22-8-4-3-5-9-22)31(42)29(44-28)24-10-6-7-11-25(24)33(34,35)36/h3-13,18-19,21,29H,14-17,20H2,1-2H3,(H,37,38,39). The van der Waals surface area contributed by atoms with E-state index >= 15 is 0 Å². The van der Waals surface area contributed by atoms with Crippen molar-refractivity contribution in [2.75, 3.05) is 35.3 Å². The number of piperidine rings is 1. The largest absolute Gasteiger partial charge is 0.494 e. The van der Waals surface area contributed by atoms with E-state index in [0.717, 1.165) is 43.2 Å². The predicted octanol–water partition coefficient (Wildman–Crippen LogP) is 7.15. The van der Waals surface area contributed by atoms with E-state index in [1.807, 2.05) is 48.5 Å². The second-order valence-electron chi connectivity index (χ2n) is 11.1. The van der Waals surface area contributed by atoms with Crippen LogP contribution in [-0.4, -0.2) is 36.1 Å². The van der Waals surface area contributed by atoms with Crippen molar-refractivity contribution in [1.29, 1.82) is 0 Å². The molecule has 1 fully saturated rings. The molecule has 0 bridgehead atoms. The summed E-state index contributed by atoms with van der Waals surface area (Å²) in [7, 11) is 1.59. The van der Waals surface area contributed by atoms with E-state index in [0.29, 0.717) is 17.4 Å². The third-order valence-corrected chi connectivity index (χ3v) is 8.04. The first kappa shape index (κ1) is 29.3. The number of carbonyl (C=O) groups excluding carboxylic acids is 1. The lowest BCUT2D eigenvalue weighted by molar-refractivity contribution is -0.140. The second-order valence-corrected chi connectivity index (χ2v) is 11.1. The molecule has 3 heterocycles. The maximum absolute atomic E-state index is 13.9. The van der Waals surface area contributed by atoms with Gasteiger partial charge in [-0.25, -0.2) is 4.98 Å². The van der Waals surface area contributed by atoms with Crippen LogP contribution in [0.3, 0.4) is 0 Å². The zero-order valence-corrected chi connectivity index (χ0v) is 24.3. The van der Waals surface area contributed by atoms with Crippen LogP contribution < -0.4 is 24.6 Å². The summed E-state index contributed by atoms with van der Waals surface area (Å²) in [5.74, 6) is 1.05. The van der Waals surface area contributed by atoms with Gasteiger partial charge in [-0.05, 0) is 42.5 Å². The number of hydrogen-bond donors (Lipinski definition) is 1. The van der Waals surface area contributed by atoms with Gasteiger partial charge in [0.2, 0.25) is 12.1 Å². The number of halogens is 3. The normalized spacial score (nSPS) is 17.2. The van der Waals surface area contributed by atoms with E-state index in [9.17, 15) is 18.0 Å². The lowest BCUT2D eigenvalue weighted by Crippen LogP contribution is -2.42. The van der Waals surface area contributed by atoms with Crippen LogP contribution in [0, 0.1) is 5.92 Å². The van der Waals surface area contributed by atoms with Gasteiger partial charge in [0.25, 0.3) is 5.91 Å². The van der Waals surface area contributed by atoms with Crippen molar-refractivity contribution in [2.24, 2.45) is 5.92 Å². The highest BCUT2D eigenvalue weighted by Crippen LogP contribution is 2.43. The van der Waals surface area contributed by atoms with Gasteiger partial charge in [-0.1, -0.05) is 55.5 Å². The molecule has 228 valence electrons. The van der Waals surface area contributed by atoms with Crippen molar-refractivity contribution in [3.05, 3.63) is 95.7 Å². The molecule has 1 atom stereocenters. The summed E-state index contributed by atoms with van der Waals surface area (Å²) < 4.78 is 53.3. The first-order valence-corrected chi connectivity index (χ1v) is 14.5. The van der Waals surface area contributed by atoms with Gasteiger partial charge in [-0.2, -0.15) is 18.2 Å². The Hall–Kier alpha value is -4.80.